The summed E-state index contributed by atoms with van der Waals surface area (Å²) >= 11 is 0. The fourth-order valence-electron chi connectivity index (χ4n) is 2.41. The van der Waals surface area contributed by atoms with E-state index >= 15 is 0 Å². The van der Waals surface area contributed by atoms with Crippen LogP contribution in [-0.4, -0.2) is 54.1 Å². The second-order valence-electron chi connectivity index (χ2n) is 5.78. The second-order valence-corrected chi connectivity index (χ2v) is 5.78. The predicted molar refractivity (Wildman–Crippen MR) is 98.0 cm³/mol. The fraction of sp³-hybridized carbons (Fsp3) is 0.421. The van der Waals surface area contributed by atoms with E-state index in [1.807, 2.05) is 0 Å². The number of hydrogen-bond acceptors (Lipinski definition) is 8. The van der Waals surface area contributed by atoms with Gasteiger partial charge in [-0.15, -0.1) is 0 Å². The first-order valence-corrected chi connectivity index (χ1v) is 8.83. The van der Waals surface area contributed by atoms with Crippen molar-refractivity contribution >= 4 is 29.8 Å². The van der Waals surface area contributed by atoms with Gasteiger partial charge in [0.2, 0.25) is 0 Å². The lowest BCUT2D eigenvalue weighted by atomic mass is 9.95. The lowest BCUT2D eigenvalue weighted by Crippen LogP contribution is -2.49. The van der Waals surface area contributed by atoms with Crippen LogP contribution in [0.3, 0.4) is 0 Å². The van der Waals surface area contributed by atoms with Crippen LogP contribution in [0.25, 0.3) is 0 Å². The van der Waals surface area contributed by atoms with Crippen LogP contribution >= 0.6 is 0 Å². The largest absolute Gasteiger partial charge is 0.480 e. The van der Waals surface area contributed by atoms with Gasteiger partial charge in [0, 0.05) is 12.5 Å². The molecule has 0 saturated carbocycles. The molecule has 0 aliphatic rings. The van der Waals surface area contributed by atoms with Gasteiger partial charge in [-0.3, -0.25) is 19.2 Å². The summed E-state index contributed by atoms with van der Waals surface area (Å²) < 4.78 is 14.5. The van der Waals surface area contributed by atoms with Crippen molar-refractivity contribution in [3.8, 4) is 5.75 Å². The lowest BCUT2D eigenvalue weighted by molar-refractivity contribution is -0.159. The highest BCUT2D eigenvalue weighted by molar-refractivity contribution is 5.98. The van der Waals surface area contributed by atoms with Crippen molar-refractivity contribution in [2.45, 2.75) is 33.2 Å². The van der Waals surface area contributed by atoms with Crippen molar-refractivity contribution in [1.29, 1.82) is 0 Å². The van der Waals surface area contributed by atoms with Crippen molar-refractivity contribution < 1.29 is 43.3 Å². The van der Waals surface area contributed by atoms with Crippen LogP contribution in [0, 0.1) is 5.92 Å². The summed E-state index contributed by atoms with van der Waals surface area (Å²) in [5.41, 5.74) is -0.00579. The van der Waals surface area contributed by atoms with E-state index < -0.39 is 48.2 Å². The summed E-state index contributed by atoms with van der Waals surface area (Å²) in [5.74, 6) is -6.13. The quantitative estimate of drug-likeness (QED) is 0.425. The third kappa shape index (κ3) is 7.60. The molecule has 1 aromatic rings. The molecule has 158 valence electrons. The summed E-state index contributed by atoms with van der Waals surface area (Å²) in [6, 6.07) is 3.73. The number of carboxylic acid groups (broad SMARTS) is 1. The zero-order valence-corrected chi connectivity index (χ0v) is 16.3. The summed E-state index contributed by atoms with van der Waals surface area (Å²) in [6.07, 6.45) is -0.586. The Morgan fingerprint density at radius 2 is 1.72 bits per heavy atom. The topological polar surface area (TPSA) is 145 Å². The van der Waals surface area contributed by atoms with Gasteiger partial charge in [0.05, 0.1) is 25.6 Å². The molecule has 29 heavy (non-hydrogen) atoms. The SMILES string of the molecule is CCOC(=O)C[C@@H](C(=O)OCC)[C@@H](NC(=O)c1cccc(OC(C)=O)c1)C(=O)O. The Hall–Kier alpha value is -3.43. The van der Waals surface area contributed by atoms with Crippen LogP contribution in [0.2, 0.25) is 0 Å². The summed E-state index contributed by atoms with van der Waals surface area (Å²) in [5, 5.41) is 11.7. The van der Waals surface area contributed by atoms with E-state index in [0.717, 1.165) is 0 Å². The summed E-state index contributed by atoms with van der Waals surface area (Å²) in [6.45, 7) is 4.27. The first-order valence-electron chi connectivity index (χ1n) is 8.83. The maximum atomic E-state index is 12.5. The van der Waals surface area contributed by atoms with Gasteiger partial charge < -0.3 is 24.6 Å². The van der Waals surface area contributed by atoms with Crippen molar-refractivity contribution in [1.82, 2.24) is 5.32 Å². The maximum Gasteiger partial charge on any atom is 0.327 e. The number of carbonyl (C=O) groups is 5. The highest BCUT2D eigenvalue weighted by atomic mass is 16.5. The molecule has 0 aliphatic carbocycles. The Morgan fingerprint density at radius 1 is 1.07 bits per heavy atom. The number of carboxylic acids is 1. The highest BCUT2D eigenvalue weighted by Crippen LogP contribution is 2.17. The molecule has 0 heterocycles. The number of hydrogen-bond donors (Lipinski definition) is 2. The molecular weight excluding hydrogens is 386 g/mol. The maximum absolute atomic E-state index is 12.5. The molecule has 0 radical (unpaired) electrons. The standard InChI is InChI=1S/C19H23NO9/c1-4-27-15(22)10-14(19(26)28-5-2)16(18(24)25)20-17(23)12-7-6-8-13(9-12)29-11(3)21/h6-9,14,16H,4-5,10H2,1-3H3,(H,20,23)(H,24,25)/t14-,16-/m1/s1. The van der Waals surface area contributed by atoms with Gasteiger partial charge in [-0.25, -0.2) is 4.79 Å². The van der Waals surface area contributed by atoms with E-state index in [-0.39, 0.29) is 24.5 Å². The van der Waals surface area contributed by atoms with E-state index in [2.05, 4.69) is 5.32 Å². The average molecular weight is 409 g/mol. The number of aliphatic carboxylic acids is 1. The number of nitrogens with one attached hydrogen (secondary N) is 1. The molecule has 0 spiro atoms. The zero-order chi connectivity index (χ0) is 22.0. The third-order valence-electron chi connectivity index (χ3n) is 3.59. The Balaban J connectivity index is 3.09. The fourth-order valence-corrected chi connectivity index (χ4v) is 2.41. The summed E-state index contributed by atoms with van der Waals surface area (Å²) in [4.78, 5) is 59.3. The van der Waals surface area contributed by atoms with Gasteiger partial charge in [0.15, 0.2) is 0 Å². The Morgan fingerprint density at radius 3 is 2.28 bits per heavy atom. The van der Waals surface area contributed by atoms with Gasteiger partial charge in [0.1, 0.15) is 11.8 Å². The number of ether oxygens (including phenoxy) is 3. The average Bonchev–Trinajstić information content (AvgIpc) is 2.64. The minimum Gasteiger partial charge on any atom is -0.480 e. The van der Waals surface area contributed by atoms with Gasteiger partial charge in [-0.1, -0.05) is 6.07 Å². The molecule has 0 aliphatic heterocycles. The lowest BCUT2D eigenvalue weighted by Gasteiger charge is -2.23. The van der Waals surface area contributed by atoms with Crippen LogP contribution < -0.4 is 10.1 Å². The Labute approximate surface area is 167 Å². The van der Waals surface area contributed by atoms with Crippen molar-refractivity contribution in [2.24, 2.45) is 5.92 Å². The van der Waals surface area contributed by atoms with Crippen molar-refractivity contribution in [2.75, 3.05) is 13.2 Å². The summed E-state index contributed by atoms with van der Waals surface area (Å²) in [7, 11) is 0. The molecule has 0 fully saturated rings. The predicted octanol–water partition coefficient (Wildman–Crippen LogP) is 0.927. The van der Waals surface area contributed by atoms with Crippen molar-refractivity contribution in [3.05, 3.63) is 29.8 Å². The normalized spacial score (nSPS) is 12.2. The van der Waals surface area contributed by atoms with Gasteiger partial charge >= 0.3 is 23.9 Å². The zero-order valence-electron chi connectivity index (χ0n) is 16.3. The molecule has 0 bridgehead atoms. The Kier molecular flexibility index (Phi) is 9.30. The molecule has 2 N–H and O–H groups in total. The van der Waals surface area contributed by atoms with Crippen LogP contribution in [0.15, 0.2) is 24.3 Å². The van der Waals surface area contributed by atoms with Gasteiger partial charge in [0.25, 0.3) is 5.91 Å². The molecule has 2 atom stereocenters. The van der Waals surface area contributed by atoms with Crippen LogP contribution in [-0.2, 0) is 28.7 Å². The molecular formula is C19H23NO9. The third-order valence-corrected chi connectivity index (χ3v) is 3.59. The second kappa shape index (κ2) is 11.4. The number of rotatable bonds is 10. The van der Waals surface area contributed by atoms with Gasteiger partial charge in [-0.2, -0.15) is 0 Å². The van der Waals surface area contributed by atoms with Gasteiger partial charge in [-0.05, 0) is 32.0 Å². The van der Waals surface area contributed by atoms with E-state index in [1.54, 1.807) is 6.92 Å². The first-order chi connectivity index (χ1) is 13.7. The monoisotopic (exact) mass is 409 g/mol. The van der Waals surface area contributed by atoms with E-state index in [9.17, 15) is 29.1 Å². The highest BCUT2D eigenvalue weighted by Gasteiger charge is 2.38. The molecule has 1 aromatic carbocycles. The molecule has 1 rings (SSSR count). The van der Waals surface area contributed by atoms with E-state index in [0.29, 0.717) is 0 Å². The molecule has 10 nitrogen and oxygen atoms in total. The van der Waals surface area contributed by atoms with Crippen LogP contribution in [0.5, 0.6) is 5.75 Å². The minimum absolute atomic E-state index is 0.00579. The van der Waals surface area contributed by atoms with Crippen molar-refractivity contribution in [3.63, 3.8) is 0 Å². The van der Waals surface area contributed by atoms with E-state index in [4.69, 9.17) is 14.2 Å². The molecule has 1 amide bonds. The molecule has 0 saturated heterocycles. The number of carbonyl (C=O) groups excluding carboxylic acids is 4. The molecule has 0 aromatic heterocycles. The Bertz CT molecular complexity index is 775. The molecule has 10 heteroatoms. The van der Waals surface area contributed by atoms with E-state index in [1.165, 1.54) is 38.1 Å². The smallest absolute Gasteiger partial charge is 0.327 e. The number of benzene rings is 1. The first kappa shape index (κ1) is 23.6. The minimum atomic E-state index is -1.75. The van der Waals surface area contributed by atoms with Crippen LogP contribution in [0.1, 0.15) is 37.6 Å². The number of esters is 3. The molecule has 0 unspecified atom stereocenters. The number of amides is 1. The van der Waals surface area contributed by atoms with Crippen LogP contribution in [0.4, 0.5) is 0 Å².